The van der Waals surface area contributed by atoms with E-state index in [0.717, 1.165) is 69.4 Å². The SMILES string of the molecule is CC1(C(=O)NC[C@H]2CC[C@H](Nc3ccc([N+](=O)[O-])c(C(F)(F)F)c3)CC2)CCN(c2ccc(Cl)cc2)CC1. The predicted octanol–water partition coefficient (Wildman–Crippen LogP) is 6.66. The molecule has 2 fully saturated rings. The highest BCUT2D eigenvalue weighted by Gasteiger charge is 2.39. The van der Waals surface area contributed by atoms with Gasteiger partial charge in [-0.15, -0.1) is 0 Å². The minimum atomic E-state index is -4.81. The van der Waals surface area contributed by atoms with E-state index in [0.29, 0.717) is 17.5 Å². The zero-order valence-electron chi connectivity index (χ0n) is 21.2. The number of benzene rings is 2. The maximum atomic E-state index is 13.3. The summed E-state index contributed by atoms with van der Waals surface area (Å²) in [7, 11) is 0. The second-order valence-electron chi connectivity index (χ2n) is 10.6. The number of rotatable bonds is 7. The molecule has 1 heterocycles. The van der Waals surface area contributed by atoms with E-state index in [4.69, 9.17) is 11.6 Å². The molecule has 1 aliphatic carbocycles. The summed E-state index contributed by atoms with van der Waals surface area (Å²) >= 11 is 5.98. The third-order valence-electron chi connectivity index (χ3n) is 7.87. The molecule has 1 amide bonds. The highest BCUT2D eigenvalue weighted by molar-refractivity contribution is 6.30. The molecule has 1 saturated heterocycles. The smallest absolute Gasteiger partial charge is 0.382 e. The van der Waals surface area contributed by atoms with Crippen LogP contribution in [0.25, 0.3) is 0 Å². The zero-order chi connectivity index (χ0) is 27.5. The van der Waals surface area contributed by atoms with E-state index in [2.05, 4.69) is 15.5 Å². The summed E-state index contributed by atoms with van der Waals surface area (Å²) in [4.78, 5) is 25.3. The van der Waals surface area contributed by atoms with E-state index in [1.54, 1.807) is 0 Å². The van der Waals surface area contributed by atoms with Crippen molar-refractivity contribution in [1.29, 1.82) is 0 Å². The summed E-state index contributed by atoms with van der Waals surface area (Å²) in [5.41, 5.74) is -1.31. The fourth-order valence-corrected chi connectivity index (χ4v) is 5.47. The van der Waals surface area contributed by atoms with E-state index < -0.39 is 27.8 Å². The Balaban J connectivity index is 1.23. The lowest BCUT2D eigenvalue weighted by Crippen LogP contribution is -2.48. The topological polar surface area (TPSA) is 87.5 Å². The Morgan fingerprint density at radius 1 is 1.11 bits per heavy atom. The molecule has 1 saturated carbocycles. The van der Waals surface area contributed by atoms with Gasteiger partial charge in [-0.3, -0.25) is 14.9 Å². The molecule has 2 aromatic rings. The summed E-state index contributed by atoms with van der Waals surface area (Å²) in [6.07, 6.45) is -0.145. The molecule has 4 rings (SSSR count). The predicted molar refractivity (Wildman–Crippen MR) is 141 cm³/mol. The quantitative estimate of drug-likeness (QED) is 0.296. The van der Waals surface area contributed by atoms with E-state index in [1.807, 2.05) is 31.2 Å². The summed E-state index contributed by atoms with van der Waals surface area (Å²) in [6.45, 7) is 4.18. The van der Waals surface area contributed by atoms with Crippen molar-refractivity contribution in [2.24, 2.45) is 11.3 Å². The summed E-state index contributed by atoms with van der Waals surface area (Å²) in [5, 5.41) is 17.9. The number of nitrogens with one attached hydrogen (secondary N) is 2. The lowest BCUT2D eigenvalue weighted by molar-refractivity contribution is -0.388. The molecule has 0 radical (unpaired) electrons. The minimum absolute atomic E-state index is 0.0285. The number of carbonyl (C=O) groups excluding carboxylic acids is 1. The van der Waals surface area contributed by atoms with Crippen molar-refractivity contribution in [3.05, 3.63) is 63.2 Å². The van der Waals surface area contributed by atoms with E-state index in [9.17, 15) is 28.1 Å². The van der Waals surface area contributed by atoms with Crippen molar-refractivity contribution in [1.82, 2.24) is 5.32 Å². The molecule has 2 N–H and O–H groups in total. The molecule has 2 aromatic carbocycles. The zero-order valence-corrected chi connectivity index (χ0v) is 21.9. The molecule has 2 aliphatic rings. The Hall–Kier alpha value is -3.01. The number of nitrogens with zero attached hydrogens (tertiary/aromatic N) is 2. The van der Waals surface area contributed by atoms with Crippen LogP contribution in [0.1, 0.15) is 51.0 Å². The molecule has 0 spiro atoms. The highest BCUT2D eigenvalue weighted by Crippen LogP contribution is 2.38. The number of alkyl halides is 3. The monoisotopic (exact) mass is 552 g/mol. The first kappa shape index (κ1) is 28.0. The van der Waals surface area contributed by atoms with Gasteiger partial charge in [0.25, 0.3) is 5.69 Å². The summed E-state index contributed by atoms with van der Waals surface area (Å²) in [5.74, 6) is 0.372. The largest absolute Gasteiger partial charge is 0.423 e. The summed E-state index contributed by atoms with van der Waals surface area (Å²) in [6, 6.07) is 10.7. The maximum absolute atomic E-state index is 13.3. The van der Waals surface area contributed by atoms with Gasteiger partial charge in [0, 0.05) is 53.6 Å². The third-order valence-corrected chi connectivity index (χ3v) is 8.13. The average molecular weight is 553 g/mol. The van der Waals surface area contributed by atoms with Gasteiger partial charge in [0.2, 0.25) is 5.91 Å². The molecule has 1 aliphatic heterocycles. The van der Waals surface area contributed by atoms with Crippen molar-refractivity contribution < 1.29 is 22.9 Å². The van der Waals surface area contributed by atoms with Gasteiger partial charge in [-0.05, 0) is 80.8 Å². The number of halogens is 4. The number of hydrogen-bond donors (Lipinski definition) is 2. The van der Waals surface area contributed by atoms with Crippen LogP contribution in [0.4, 0.5) is 30.2 Å². The first-order valence-corrected chi connectivity index (χ1v) is 13.2. The number of amides is 1. The van der Waals surface area contributed by atoms with Gasteiger partial charge in [0.15, 0.2) is 0 Å². The molecular formula is C27H32ClF3N4O3. The maximum Gasteiger partial charge on any atom is 0.423 e. The number of hydrogen-bond acceptors (Lipinski definition) is 5. The van der Waals surface area contributed by atoms with Gasteiger partial charge < -0.3 is 15.5 Å². The Morgan fingerprint density at radius 3 is 2.32 bits per heavy atom. The number of nitro groups is 1. The lowest BCUT2D eigenvalue weighted by Gasteiger charge is -2.39. The molecule has 206 valence electrons. The number of piperidine rings is 1. The van der Waals surface area contributed by atoms with Gasteiger partial charge in [-0.1, -0.05) is 18.5 Å². The van der Waals surface area contributed by atoms with Crippen LogP contribution in [-0.4, -0.2) is 36.5 Å². The van der Waals surface area contributed by atoms with Crippen LogP contribution in [0.5, 0.6) is 0 Å². The van der Waals surface area contributed by atoms with Crippen LogP contribution in [0, 0.1) is 21.4 Å². The second kappa shape index (κ2) is 11.4. The first-order valence-electron chi connectivity index (χ1n) is 12.9. The van der Waals surface area contributed by atoms with Crippen LogP contribution in [-0.2, 0) is 11.0 Å². The second-order valence-corrected chi connectivity index (χ2v) is 11.0. The molecule has 0 atom stereocenters. The molecule has 0 unspecified atom stereocenters. The van der Waals surface area contributed by atoms with E-state index in [-0.39, 0.29) is 17.6 Å². The van der Waals surface area contributed by atoms with Gasteiger partial charge in [-0.25, -0.2) is 0 Å². The van der Waals surface area contributed by atoms with Crippen molar-refractivity contribution in [2.75, 3.05) is 29.9 Å². The molecule has 11 heteroatoms. The van der Waals surface area contributed by atoms with Crippen molar-refractivity contribution >= 4 is 34.6 Å². The Labute approximate surface area is 224 Å². The molecule has 0 bridgehead atoms. The van der Waals surface area contributed by atoms with E-state index >= 15 is 0 Å². The van der Waals surface area contributed by atoms with Gasteiger partial charge in [0.1, 0.15) is 5.56 Å². The van der Waals surface area contributed by atoms with Gasteiger partial charge in [0.05, 0.1) is 4.92 Å². The Kier molecular flexibility index (Phi) is 8.40. The molecule has 38 heavy (non-hydrogen) atoms. The number of carbonyl (C=O) groups is 1. The number of anilines is 2. The fourth-order valence-electron chi connectivity index (χ4n) is 5.35. The highest BCUT2D eigenvalue weighted by atomic mass is 35.5. The van der Waals surface area contributed by atoms with Gasteiger partial charge in [-0.2, -0.15) is 13.2 Å². The Bertz CT molecular complexity index is 1140. The van der Waals surface area contributed by atoms with Crippen molar-refractivity contribution in [3.63, 3.8) is 0 Å². The Morgan fingerprint density at radius 2 is 1.74 bits per heavy atom. The number of nitro benzene ring substituents is 1. The molecule has 0 aromatic heterocycles. The third kappa shape index (κ3) is 6.70. The van der Waals surface area contributed by atoms with Crippen molar-refractivity contribution in [3.8, 4) is 0 Å². The fraction of sp³-hybridized carbons (Fsp3) is 0.519. The van der Waals surface area contributed by atoms with Gasteiger partial charge >= 0.3 is 6.18 Å². The summed E-state index contributed by atoms with van der Waals surface area (Å²) < 4.78 is 39.8. The van der Waals surface area contributed by atoms with Crippen LogP contribution < -0.4 is 15.5 Å². The standard InChI is InChI=1S/C27H32ClF3N4O3/c1-26(12-14-34(15-13-26)22-9-4-19(28)5-10-22)25(36)32-17-18-2-6-20(7-3-18)33-21-8-11-24(35(37)38)23(16-21)27(29,30)31/h4-5,8-11,16,18,20,33H,2-3,6-7,12-15,17H2,1H3,(H,32,36)/t18-,20-. The van der Waals surface area contributed by atoms with Crippen LogP contribution in [0.15, 0.2) is 42.5 Å². The minimum Gasteiger partial charge on any atom is -0.382 e. The van der Waals surface area contributed by atoms with Crippen LogP contribution in [0.3, 0.4) is 0 Å². The van der Waals surface area contributed by atoms with Crippen LogP contribution >= 0.6 is 11.6 Å². The van der Waals surface area contributed by atoms with Crippen LogP contribution in [0.2, 0.25) is 5.02 Å². The molecule has 7 nitrogen and oxygen atoms in total. The molecular weight excluding hydrogens is 521 g/mol. The normalized spacial score (nSPS) is 21.6. The van der Waals surface area contributed by atoms with E-state index in [1.165, 1.54) is 6.07 Å². The van der Waals surface area contributed by atoms with Crippen molar-refractivity contribution in [2.45, 2.75) is 57.7 Å². The lowest BCUT2D eigenvalue weighted by atomic mass is 9.79. The average Bonchev–Trinajstić information content (AvgIpc) is 2.88. The first-order chi connectivity index (χ1) is 17.9.